The first-order valence-corrected chi connectivity index (χ1v) is 11.9. The van der Waals surface area contributed by atoms with Gasteiger partial charge in [0.2, 0.25) is 10.0 Å². The normalized spacial score (nSPS) is 11.8. The molecular weight excluding hydrogens is 416 g/mol. The van der Waals surface area contributed by atoms with E-state index >= 15 is 0 Å². The summed E-state index contributed by atoms with van der Waals surface area (Å²) < 4.78 is 55.1. The second-order valence-electron chi connectivity index (χ2n) is 6.25. The van der Waals surface area contributed by atoms with Crippen molar-refractivity contribution in [1.82, 2.24) is 0 Å². The third kappa shape index (κ3) is 5.46. The molecule has 0 fully saturated rings. The molecule has 0 bridgehead atoms. The predicted molar refractivity (Wildman–Crippen MR) is 109 cm³/mol. The Bertz CT molecular complexity index is 1220. The van der Waals surface area contributed by atoms with Crippen molar-refractivity contribution >= 4 is 37.1 Å². The minimum absolute atomic E-state index is 0.108. The fourth-order valence-corrected chi connectivity index (χ4v) is 4.53. The van der Waals surface area contributed by atoms with Crippen LogP contribution in [0.25, 0.3) is 0 Å². The summed E-state index contributed by atoms with van der Waals surface area (Å²) in [7, 11) is -7.04. The van der Waals surface area contributed by atoms with Crippen LogP contribution in [0.15, 0.2) is 76.2 Å². The van der Waals surface area contributed by atoms with Crippen molar-refractivity contribution in [3.63, 3.8) is 0 Å². The molecule has 8 nitrogen and oxygen atoms in total. The molecule has 3 aromatic rings. The van der Waals surface area contributed by atoms with E-state index in [4.69, 9.17) is 4.42 Å². The average molecular weight is 434 g/mol. The van der Waals surface area contributed by atoms with Crippen molar-refractivity contribution < 1.29 is 26.0 Å². The fourth-order valence-electron chi connectivity index (χ4n) is 2.59. The largest absolute Gasteiger partial charge is 0.459 e. The van der Waals surface area contributed by atoms with Gasteiger partial charge in [-0.25, -0.2) is 16.8 Å². The number of furan rings is 1. The van der Waals surface area contributed by atoms with Crippen LogP contribution in [0.4, 0.5) is 11.4 Å². The lowest BCUT2D eigenvalue weighted by Gasteiger charge is -2.08. The molecular formula is C19H18N2O6S2. The smallest absolute Gasteiger partial charge is 0.291 e. The summed E-state index contributed by atoms with van der Waals surface area (Å²) in [6.07, 6.45) is 2.29. The van der Waals surface area contributed by atoms with Gasteiger partial charge in [-0.3, -0.25) is 9.52 Å². The molecule has 29 heavy (non-hydrogen) atoms. The Morgan fingerprint density at radius 1 is 0.897 bits per heavy atom. The Morgan fingerprint density at radius 2 is 1.52 bits per heavy atom. The molecule has 0 atom stereocenters. The van der Waals surface area contributed by atoms with E-state index < -0.39 is 25.8 Å². The molecule has 152 valence electrons. The third-order valence-electron chi connectivity index (χ3n) is 3.85. The number of sulfonamides is 1. The number of benzene rings is 2. The van der Waals surface area contributed by atoms with Crippen LogP contribution in [0.5, 0.6) is 0 Å². The standard InChI is InChI=1S/C19H18N2O6S2/c1-28(23,24)21-16-9-7-15(8-10-16)20-19(22)18-14(11-12-27-18)13-29(25,26)17-5-3-2-4-6-17/h2-12,21H,13H2,1H3,(H,20,22). The zero-order valence-electron chi connectivity index (χ0n) is 15.3. The highest BCUT2D eigenvalue weighted by Gasteiger charge is 2.22. The average Bonchev–Trinajstić information content (AvgIpc) is 3.10. The highest BCUT2D eigenvalue weighted by molar-refractivity contribution is 7.92. The first kappa shape index (κ1) is 20.6. The number of carbonyl (C=O) groups is 1. The lowest BCUT2D eigenvalue weighted by molar-refractivity contribution is 0.0995. The molecule has 2 aromatic carbocycles. The number of carbonyl (C=O) groups excluding carboxylic acids is 1. The van der Waals surface area contributed by atoms with Crippen molar-refractivity contribution in [2.45, 2.75) is 10.6 Å². The molecule has 0 radical (unpaired) electrons. The molecule has 0 spiro atoms. The Hall–Kier alpha value is -3.11. The number of rotatable bonds is 7. The van der Waals surface area contributed by atoms with E-state index in [1.807, 2.05) is 0 Å². The van der Waals surface area contributed by atoms with Gasteiger partial charge in [0.25, 0.3) is 5.91 Å². The number of hydrogen-bond acceptors (Lipinski definition) is 6. The van der Waals surface area contributed by atoms with Crippen molar-refractivity contribution in [2.24, 2.45) is 0 Å². The van der Waals surface area contributed by atoms with E-state index in [9.17, 15) is 21.6 Å². The van der Waals surface area contributed by atoms with Crippen LogP contribution in [0, 0.1) is 0 Å². The van der Waals surface area contributed by atoms with E-state index in [-0.39, 0.29) is 22.0 Å². The molecule has 3 rings (SSSR count). The summed E-state index contributed by atoms with van der Waals surface area (Å²) in [4.78, 5) is 12.7. The maximum Gasteiger partial charge on any atom is 0.291 e. The first-order valence-electron chi connectivity index (χ1n) is 8.37. The molecule has 1 aromatic heterocycles. The van der Waals surface area contributed by atoms with Gasteiger partial charge >= 0.3 is 0 Å². The fraction of sp³-hybridized carbons (Fsp3) is 0.105. The van der Waals surface area contributed by atoms with Gasteiger partial charge in [-0.1, -0.05) is 18.2 Å². The molecule has 2 N–H and O–H groups in total. The van der Waals surface area contributed by atoms with Crippen molar-refractivity contribution in [1.29, 1.82) is 0 Å². The quantitative estimate of drug-likeness (QED) is 0.589. The first-order chi connectivity index (χ1) is 13.6. The highest BCUT2D eigenvalue weighted by atomic mass is 32.2. The molecule has 0 aliphatic carbocycles. The SMILES string of the molecule is CS(=O)(=O)Nc1ccc(NC(=O)c2occc2CS(=O)(=O)c2ccccc2)cc1. The number of sulfone groups is 1. The summed E-state index contributed by atoms with van der Waals surface area (Å²) >= 11 is 0. The van der Waals surface area contributed by atoms with Crippen LogP contribution in [0.2, 0.25) is 0 Å². The van der Waals surface area contributed by atoms with Gasteiger partial charge in [-0.05, 0) is 42.5 Å². The van der Waals surface area contributed by atoms with Crippen LogP contribution in [0.3, 0.4) is 0 Å². The van der Waals surface area contributed by atoms with Crippen LogP contribution in [-0.2, 0) is 25.6 Å². The summed E-state index contributed by atoms with van der Waals surface area (Å²) in [6.45, 7) is 0. The summed E-state index contributed by atoms with van der Waals surface area (Å²) in [5.74, 6) is -1.10. The van der Waals surface area contributed by atoms with Gasteiger partial charge in [0.15, 0.2) is 15.6 Å². The molecule has 0 aliphatic heterocycles. The zero-order valence-corrected chi connectivity index (χ0v) is 17.0. The minimum Gasteiger partial charge on any atom is -0.459 e. The molecule has 10 heteroatoms. The van der Waals surface area contributed by atoms with Crippen LogP contribution >= 0.6 is 0 Å². The van der Waals surface area contributed by atoms with Gasteiger partial charge in [-0.15, -0.1) is 0 Å². The zero-order chi connectivity index (χ0) is 21.1. The van der Waals surface area contributed by atoms with Gasteiger partial charge in [-0.2, -0.15) is 0 Å². The van der Waals surface area contributed by atoms with Gasteiger partial charge in [0.05, 0.1) is 23.2 Å². The van der Waals surface area contributed by atoms with Crippen molar-refractivity contribution in [3.05, 3.63) is 78.3 Å². The lowest BCUT2D eigenvalue weighted by Crippen LogP contribution is -2.15. The van der Waals surface area contributed by atoms with Gasteiger partial charge in [0, 0.05) is 16.9 Å². The lowest BCUT2D eigenvalue weighted by atomic mass is 10.2. The molecule has 0 aliphatic rings. The maximum absolute atomic E-state index is 12.6. The van der Waals surface area contributed by atoms with Crippen molar-refractivity contribution in [2.75, 3.05) is 16.3 Å². The topological polar surface area (TPSA) is 123 Å². The van der Waals surface area contributed by atoms with E-state index in [0.717, 1.165) is 6.26 Å². The van der Waals surface area contributed by atoms with Crippen LogP contribution < -0.4 is 10.0 Å². The number of hydrogen-bond donors (Lipinski definition) is 2. The van der Waals surface area contributed by atoms with E-state index in [0.29, 0.717) is 11.4 Å². The number of nitrogens with one attached hydrogen (secondary N) is 2. The Kier molecular flexibility index (Phi) is 5.76. The van der Waals surface area contributed by atoms with E-state index in [1.165, 1.54) is 48.7 Å². The monoisotopic (exact) mass is 434 g/mol. The summed E-state index contributed by atoms with van der Waals surface area (Å²) in [5, 5.41) is 2.60. The molecule has 0 saturated heterocycles. The van der Waals surface area contributed by atoms with Crippen molar-refractivity contribution in [3.8, 4) is 0 Å². The van der Waals surface area contributed by atoms with Gasteiger partial charge in [0.1, 0.15) is 0 Å². The van der Waals surface area contributed by atoms with E-state index in [1.54, 1.807) is 18.2 Å². The van der Waals surface area contributed by atoms with Gasteiger partial charge < -0.3 is 9.73 Å². The molecule has 1 amide bonds. The Balaban J connectivity index is 1.74. The molecule has 0 saturated carbocycles. The highest BCUT2D eigenvalue weighted by Crippen LogP contribution is 2.21. The minimum atomic E-state index is -3.64. The maximum atomic E-state index is 12.6. The summed E-state index contributed by atoms with van der Waals surface area (Å²) in [5.41, 5.74) is 0.974. The van der Waals surface area contributed by atoms with Crippen LogP contribution in [0.1, 0.15) is 16.1 Å². The molecule has 0 unspecified atom stereocenters. The number of amides is 1. The number of anilines is 2. The summed E-state index contributed by atoms with van der Waals surface area (Å²) in [6, 6.07) is 15.4. The third-order valence-corrected chi connectivity index (χ3v) is 6.13. The van der Waals surface area contributed by atoms with Crippen LogP contribution in [-0.4, -0.2) is 29.0 Å². The second kappa shape index (κ2) is 8.10. The Morgan fingerprint density at radius 3 is 2.14 bits per heavy atom. The van der Waals surface area contributed by atoms with E-state index in [2.05, 4.69) is 10.0 Å². The Labute approximate surface area is 168 Å². The second-order valence-corrected chi connectivity index (χ2v) is 9.99. The predicted octanol–water partition coefficient (Wildman–Crippen LogP) is 2.88. The molecule has 1 heterocycles.